The molecule has 1 amide bonds. The lowest BCUT2D eigenvalue weighted by molar-refractivity contribution is -0.123. The molecule has 0 radical (unpaired) electrons. The number of anilines is 1. The molecule has 8 heteroatoms. The molecule has 3 rings (SSSR count). The van der Waals surface area contributed by atoms with Gasteiger partial charge in [-0.1, -0.05) is 37.0 Å². The van der Waals surface area contributed by atoms with Crippen molar-refractivity contribution in [3.8, 4) is 0 Å². The zero-order valence-corrected chi connectivity index (χ0v) is 16.5. The van der Waals surface area contributed by atoms with Crippen LogP contribution in [0.1, 0.15) is 32.8 Å². The van der Waals surface area contributed by atoms with Gasteiger partial charge in [-0.2, -0.15) is 0 Å². The summed E-state index contributed by atoms with van der Waals surface area (Å²) in [5, 5.41) is 3.12. The van der Waals surface area contributed by atoms with Crippen molar-refractivity contribution in [2.75, 3.05) is 11.9 Å². The van der Waals surface area contributed by atoms with Crippen molar-refractivity contribution >= 4 is 51.7 Å². The van der Waals surface area contributed by atoms with Gasteiger partial charge in [0.2, 0.25) is 0 Å². The van der Waals surface area contributed by atoms with Gasteiger partial charge in [0.15, 0.2) is 0 Å². The van der Waals surface area contributed by atoms with Gasteiger partial charge in [-0.25, -0.2) is 4.98 Å². The quantitative estimate of drug-likeness (QED) is 0.627. The summed E-state index contributed by atoms with van der Waals surface area (Å²) in [5.74, 6) is 0.312. The maximum atomic E-state index is 12.9. The number of thiocarbonyl (C=S) groups is 1. The molecule has 0 bridgehead atoms. The van der Waals surface area contributed by atoms with Gasteiger partial charge in [-0.3, -0.25) is 18.9 Å². The fourth-order valence-electron chi connectivity index (χ4n) is 2.71. The first-order valence-electron chi connectivity index (χ1n) is 8.50. The number of nitrogens with zero attached hydrogens (tertiary/aromatic N) is 3. The first-order chi connectivity index (χ1) is 12.5. The molecular weight excluding hydrogens is 368 g/mol. The Bertz CT molecular complexity index is 967. The summed E-state index contributed by atoms with van der Waals surface area (Å²) in [6.07, 6.45) is 4.08. The van der Waals surface area contributed by atoms with E-state index in [0.717, 1.165) is 6.42 Å². The van der Waals surface area contributed by atoms with E-state index < -0.39 is 0 Å². The van der Waals surface area contributed by atoms with Gasteiger partial charge >= 0.3 is 0 Å². The van der Waals surface area contributed by atoms with Gasteiger partial charge in [-0.05, 0) is 38.5 Å². The van der Waals surface area contributed by atoms with Crippen LogP contribution in [0, 0.1) is 0 Å². The van der Waals surface area contributed by atoms with Crippen molar-refractivity contribution in [1.82, 2.24) is 14.3 Å². The zero-order chi connectivity index (χ0) is 18.8. The van der Waals surface area contributed by atoms with Gasteiger partial charge in [0.1, 0.15) is 15.8 Å². The van der Waals surface area contributed by atoms with Crippen molar-refractivity contribution < 1.29 is 4.79 Å². The van der Waals surface area contributed by atoms with Gasteiger partial charge < -0.3 is 5.32 Å². The Morgan fingerprint density at radius 2 is 2.12 bits per heavy atom. The fraction of sp³-hybridized carbons (Fsp3) is 0.333. The van der Waals surface area contributed by atoms with Crippen LogP contribution in [0.2, 0.25) is 0 Å². The third kappa shape index (κ3) is 3.26. The number of fused-ring (bicyclic) bond motifs is 1. The molecule has 6 nitrogen and oxygen atoms in total. The van der Waals surface area contributed by atoms with E-state index in [1.165, 1.54) is 16.2 Å². The minimum absolute atomic E-state index is 0.0254. The Hall–Kier alpha value is -2.19. The number of carbonyl (C=O) groups is 1. The average Bonchev–Trinajstić information content (AvgIpc) is 2.91. The second-order valence-corrected chi connectivity index (χ2v) is 7.62. The summed E-state index contributed by atoms with van der Waals surface area (Å²) in [6.45, 7) is 6.52. The SMILES string of the molecule is CCNc1nc2ccccn2c(=O)c1/C=C1\SC(=S)N([C@@H](C)CC)C1=O. The Balaban J connectivity index is 2.13. The van der Waals surface area contributed by atoms with Crippen LogP contribution in [0.15, 0.2) is 34.1 Å². The Morgan fingerprint density at radius 3 is 2.81 bits per heavy atom. The maximum absolute atomic E-state index is 12.9. The lowest BCUT2D eigenvalue weighted by Crippen LogP contribution is -2.36. The fourth-order valence-corrected chi connectivity index (χ4v) is 4.15. The minimum atomic E-state index is -0.222. The molecule has 1 aliphatic heterocycles. The highest BCUT2D eigenvalue weighted by Crippen LogP contribution is 2.34. The van der Waals surface area contributed by atoms with E-state index >= 15 is 0 Å². The van der Waals surface area contributed by atoms with Gasteiger partial charge in [-0.15, -0.1) is 0 Å². The summed E-state index contributed by atoms with van der Waals surface area (Å²) in [6, 6.07) is 5.40. The Labute approximate surface area is 161 Å². The standard InChI is InChI=1S/C18H20N4O2S2/c1-4-11(3)22-17(24)13(26-18(22)25)10-12-15(19-5-2)20-14-8-6-7-9-21(14)16(12)23/h6-11,19H,4-5H2,1-3H3/b13-10-/t11-/m0/s1. The predicted molar refractivity (Wildman–Crippen MR) is 110 cm³/mol. The molecule has 1 N–H and O–H groups in total. The molecule has 2 aromatic heterocycles. The minimum Gasteiger partial charge on any atom is -0.370 e. The van der Waals surface area contributed by atoms with Crippen molar-refractivity contribution in [2.24, 2.45) is 0 Å². The second-order valence-electron chi connectivity index (χ2n) is 5.95. The first-order valence-corrected chi connectivity index (χ1v) is 9.72. The van der Waals surface area contributed by atoms with Crippen molar-refractivity contribution in [2.45, 2.75) is 33.2 Å². The molecule has 0 spiro atoms. The number of rotatable bonds is 5. The number of carbonyl (C=O) groups excluding carboxylic acids is 1. The third-order valence-corrected chi connectivity index (χ3v) is 5.57. The van der Waals surface area contributed by atoms with Crippen LogP contribution in [-0.4, -0.2) is 37.1 Å². The topological polar surface area (TPSA) is 66.7 Å². The lowest BCUT2D eigenvalue weighted by Gasteiger charge is -2.21. The zero-order valence-electron chi connectivity index (χ0n) is 14.9. The molecule has 3 heterocycles. The number of pyridine rings is 1. The predicted octanol–water partition coefficient (Wildman–Crippen LogP) is 3.13. The van der Waals surface area contributed by atoms with E-state index in [1.807, 2.05) is 26.8 Å². The summed E-state index contributed by atoms with van der Waals surface area (Å²) in [4.78, 5) is 32.3. The molecule has 1 saturated heterocycles. The van der Waals surface area contributed by atoms with Gasteiger partial charge in [0.25, 0.3) is 11.5 Å². The molecule has 0 aliphatic carbocycles. The molecule has 136 valence electrons. The number of aromatic nitrogens is 2. The van der Waals surface area contributed by atoms with Gasteiger partial charge in [0, 0.05) is 18.8 Å². The average molecular weight is 389 g/mol. The van der Waals surface area contributed by atoms with E-state index in [9.17, 15) is 9.59 Å². The normalized spacial score (nSPS) is 17.3. The van der Waals surface area contributed by atoms with E-state index in [4.69, 9.17) is 12.2 Å². The molecule has 1 aliphatic rings. The summed E-state index contributed by atoms with van der Waals surface area (Å²) < 4.78 is 2.00. The molecule has 1 atom stereocenters. The van der Waals surface area contributed by atoms with Crippen LogP contribution >= 0.6 is 24.0 Å². The maximum Gasteiger partial charge on any atom is 0.267 e. The first kappa shape index (κ1) is 18.6. The van der Waals surface area contributed by atoms with Crippen LogP contribution in [0.5, 0.6) is 0 Å². The van der Waals surface area contributed by atoms with E-state index in [2.05, 4.69) is 10.3 Å². The van der Waals surface area contributed by atoms with Crippen LogP contribution in [-0.2, 0) is 4.79 Å². The molecule has 0 unspecified atom stereocenters. The molecular formula is C18H20N4O2S2. The molecule has 1 fully saturated rings. The second kappa shape index (κ2) is 7.59. The van der Waals surface area contributed by atoms with Crippen molar-refractivity contribution in [3.63, 3.8) is 0 Å². The molecule has 2 aromatic rings. The van der Waals surface area contributed by atoms with Crippen LogP contribution in [0.25, 0.3) is 11.7 Å². The van der Waals surface area contributed by atoms with Crippen LogP contribution < -0.4 is 10.9 Å². The highest BCUT2D eigenvalue weighted by Gasteiger charge is 2.35. The number of amides is 1. The number of hydrogen-bond acceptors (Lipinski definition) is 6. The van der Waals surface area contributed by atoms with Crippen LogP contribution in [0.3, 0.4) is 0 Å². The third-order valence-electron chi connectivity index (χ3n) is 4.24. The highest BCUT2D eigenvalue weighted by molar-refractivity contribution is 8.26. The summed E-state index contributed by atoms with van der Waals surface area (Å²) in [7, 11) is 0. The number of nitrogens with one attached hydrogen (secondary N) is 1. The smallest absolute Gasteiger partial charge is 0.267 e. The monoisotopic (exact) mass is 388 g/mol. The van der Waals surface area contributed by atoms with Crippen molar-refractivity contribution in [1.29, 1.82) is 0 Å². The Morgan fingerprint density at radius 1 is 1.35 bits per heavy atom. The van der Waals surface area contributed by atoms with Gasteiger partial charge in [0.05, 0.1) is 10.5 Å². The Kier molecular flexibility index (Phi) is 5.43. The molecule has 0 aromatic carbocycles. The largest absolute Gasteiger partial charge is 0.370 e. The number of hydrogen-bond donors (Lipinski definition) is 1. The van der Waals surface area contributed by atoms with E-state index in [-0.39, 0.29) is 17.5 Å². The highest BCUT2D eigenvalue weighted by atomic mass is 32.2. The van der Waals surface area contributed by atoms with Crippen LogP contribution in [0.4, 0.5) is 5.82 Å². The van der Waals surface area contributed by atoms with E-state index in [1.54, 1.807) is 29.3 Å². The number of thioether (sulfide) groups is 1. The molecule has 0 saturated carbocycles. The summed E-state index contributed by atoms with van der Waals surface area (Å²) in [5.41, 5.74) is 0.693. The van der Waals surface area contributed by atoms with E-state index in [0.29, 0.717) is 32.8 Å². The van der Waals surface area contributed by atoms with Crippen molar-refractivity contribution in [3.05, 3.63) is 45.2 Å². The molecule has 26 heavy (non-hydrogen) atoms. The lowest BCUT2D eigenvalue weighted by atomic mass is 10.2. The summed E-state index contributed by atoms with van der Waals surface area (Å²) >= 11 is 6.59.